The van der Waals surface area contributed by atoms with Crippen LogP contribution in [-0.4, -0.2) is 92.5 Å². The predicted molar refractivity (Wildman–Crippen MR) is 168 cm³/mol. The number of aliphatic hydroxyl groups excluding tert-OH is 1. The highest BCUT2D eigenvalue weighted by atomic mass is 32.2. The number of halogens is 3. The van der Waals surface area contributed by atoms with E-state index in [9.17, 15) is 36.3 Å². The second-order valence-corrected chi connectivity index (χ2v) is 13.8. The van der Waals surface area contributed by atoms with Gasteiger partial charge in [-0.2, -0.15) is 13.2 Å². The first-order valence-electron chi connectivity index (χ1n) is 15.0. The summed E-state index contributed by atoms with van der Waals surface area (Å²) in [7, 11) is -2.02. The summed E-state index contributed by atoms with van der Waals surface area (Å²) in [5, 5.41) is 15.1. The Morgan fingerprint density at radius 1 is 1.11 bits per heavy atom. The molecular weight excluding hydrogens is 629 g/mol. The highest BCUT2D eigenvalue weighted by Crippen LogP contribution is 2.31. The zero-order chi connectivity index (χ0) is 34.2. The van der Waals surface area contributed by atoms with Gasteiger partial charge in [0.05, 0.1) is 42.2 Å². The topological polar surface area (TPSA) is 138 Å². The second kappa shape index (κ2) is 15.9. The number of alkyl halides is 3. The van der Waals surface area contributed by atoms with Crippen LogP contribution in [0.15, 0.2) is 42.5 Å². The van der Waals surface area contributed by atoms with Crippen molar-refractivity contribution >= 4 is 33.3 Å². The molecule has 2 aromatic carbocycles. The molecule has 256 valence electrons. The van der Waals surface area contributed by atoms with Gasteiger partial charge in [-0.15, -0.1) is 0 Å². The van der Waals surface area contributed by atoms with E-state index in [0.717, 1.165) is 36.9 Å². The molecule has 46 heavy (non-hydrogen) atoms. The molecule has 0 aliphatic carbocycles. The zero-order valence-electron chi connectivity index (χ0n) is 26.6. The average molecular weight is 673 g/mol. The molecule has 0 aromatic heterocycles. The first kappa shape index (κ1) is 37.1. The van der Waals surface area contributed by atoms with Gasteiger partial charge in [-0.3, -0.25) is 4.79 Å². The molecule has 15 heteroatoms. The summed E-state index contributed by atoms with van der Waals surface area (Å²) in [6.45, 7) is 5.62. The lowest BCUT2D eigenvalue weighted by Gasteiger charge is -2.35. The smallest absolute Gasteiger partial charge is 0.416 e. The summed E-state index contributed by atoms with van der Waals surface area (Å²) in [5.41, 5.74) is -0.384. The molecule has 2 aromatic rings. The Hall–Kier alpha value is -3.40. The van der Waals surface area contributed by atoms with Gasteiger partial charge < -0.3 is 30.1 Å². The lowest BCUT2D eigenvalue weighted by molar-refractivity contribution is -0.137. The molecule has 1 aliphatic rings. The van der Waals surface area contributed by atoms with E-state index in [-0.39, 0.29) is 54.4 Å². The summed E-state index contributed by atoms with van der Waals surface area (Å²) >= 11 is 0. The summed E-state index contributed by atoms with van der Waals surface area (Å²) in [6, 6.07) is 7.12. The highest BCUT2D eigenvalue weighted by Gasteiger charge is 2.32. The van der Waals surface area contributed by atoms with Crippen molar-refractivity contribution in [3.63, 3.8) is 0 Å². The fraction of sp³-hybridized carbons (Fsp3) is 0.548. The monoisotopic (exact) mass is 672 g/mol. The van der Waals surface area contributed by atoms with Crippen molar-refractivity contribution in [2.45, 2.75) is 64.5 Å². The van der Waals surface area contributed by atoms with E-state index in [2.05, 4.69) is 10.6 Å². The average Bonchev–Trinajstić information content (AvgIpc) is 2.97. The SMILES string of the molecule is C[C@@H]1CCCCO[C@H](CN(C)S(C)(=O)=O)[C@H](C)CN([C@@H](C)CO)C(=O)c2cc(NC(=O)Nc3ccc(C(F)(F)F)cc3)ccc2O1. The number of rotatable bonds is 7. The molecule has 0 saturated carbocycles. The van der Waals surface area contributed by atoms with Crippen LogP contribution in [-0.2, 0) is 20.9 Å². The molecule has 1 aliphatic heterocycles. The minimum absolute atomic E-state index is 0.0771. The molecule has 0 saturated heterocycles. The Morgan fingerprint density at radius 3 is 2.35 bits per heavy atom. The van der Waals surface area contributed by atoms with Gasteiger partial charge in [0, 0.05) is 44.0 Å². The van der Waals surface area contributed by atoms with Gasteiger partial charge in [-0.25, -0.2) is 17.5 Å². The molecular formula is C31H43F3N4O7S. The molecule has 0 fully saturated rings. The van der Waals surface area contributed by atoms with Crippen LogP contribution in [0, 0.1) is 5.92 Å². The van der Waals surface area contributed by atoms with E-state index in [4.69, 9.17) is 9.47 Å². The molecule has 3 rings (SSSR count). The van der Waals surface area contributed by atoms with Crippen LogP contribution in [0.5, 0.6) is 5.75 Å². The van der Waals surface area contributed by atoms with Gasteiger partial charge in [0.15, 0.2) is 0 Å². The number of ether oxygens (including phenoxy) is 2. The van der Waals surface area contributed by atoms with Crippen molar-refractivity contribution in [1.82, 2.24) is 9.21 Å². The van der Waals surface area contributed by atoms with Gasteiger partial charge in [0.1, 0.15) is 5.75 Å². The fourth-order valence-electron chi connectivity index (χ4n) is 4.89. The maximum atomic E-state index is 14.2. The van der Waals surface area contributed by atoms with Gasteiger partial charge in [0.25, 0.3) is 5.91 Å². The Kier molecular flexibility index (Phi) is 12.8. The summed E-state index contributed by atoms with van der Waals surface area (Å²) in [5.74, 6) is -0.561. The van der Waals surface area contributed by atoms with Crippen LogP contribution in [0.25, 0.3) is 0 Å². The van der Waals surface area contributed by atoms with Crippen LogP contribution in [0.4, 0.5) is 29.3 Å². The normalized spacial score (nSPS) is 21.1. The lowest BCUT2D eigenvalue weighted by atomic mass is 10.0. The molecule has 11 nitrogen and oxygen atoms in total. The van der Waals surface area contributed by atoms with Crippen LogP contribution in [0.2, 0.25) is 0 Å². The fourth-order valence-corrected chi connectivity index (χ4v) is 5.31. The van der Waals surface area contributed by atoms with Crippen molar-refractivity contribution in [2.24, 2.45) is 5.92 Å². The maximum Gasteiger partial charge on any atom is 0.416 e. The van der Waals surface area contributed by atoms with E-state index in [1.54, 1.807) is 19.1 Å². The number of likely N-dealkylation sites (N-methyl/N-ethyl adjacent to an activating group) is 1. The molecule has 0 radical (unpaired) electrons. The zero-order valence-corrected chi connectivity index (χ0v) is 27.5. The van der Waals surface area contributed by atoms with Crippen LogP contribution in [0.1, 0.15) is 56.0 Å². The van der Waals surface area contributed by atoms with Gasteiger partial charge in [-0.05, 0) is 75.6 Å². The third-order valence-corrected chi connectivity index (χ3v) is 9.06. The number of hydrogen-bond acceptors (Lipinski definition) is 7. The lowest BCUT2D eigenvalue weighted by Crippen LogP contribution is -2.47. The molecule has 0 unspecified atom stereocenters. The van der Waals surface area contributed by atoms with Crippen LogP contribution in [0.3, 0.4) is 0 Å². The maximum absolute atomic E-state index is 14.2. The van der Waals surface area contributed by atoms with Crippen molar-refractivity contribution in [3.05, 3.63) is 53.6 Å². The molecule has 3 amide bonds. The Balaban J connectivity index is 1.92. The van der Waals surface area contributed by atoms with E-state index in [1.807, 2.05) is 13.8 Å². The Bertz CT molecular complexity index is 1440. The van der Waals surface area contributed by atoms with E-state index >= 15 is 0 Å². The van der Waals surface area contributed by atoms with E-state index in [0.29, 0.717) is 19.4 Å². The molecule has 3 N–H and O–H groups in total. The number of benzene rings is 2. The number of sulfonamides is 1. The largest absolute Gasteiger partial charge is 0.490 e. The first-order valence-corrected chi connectivity index (χ1v) is 16.8. The summed E-state index contributed by atoms with van der Waals surface area (Å²) in [6.07, 6.45) is -2.12. The molecule has 0 spiro atoms. The number of fused-ring (bicyclic) bond motifs is 1. The highest BCUT2D eigenvalue weighted by molar-refractivity contribution is 7.88. The first-order chi connectivity index (χ1) is 21.5. The number of nitrogens with one attached hydrogen (secondary N) is 2. The number of amides is 3. The van der Waals surface area contributed by atoms with Crippen molar-refractivity contribution in [1.29, 1.82) is 0 Å². The van der Waals surface area contributed by atoms with E-state index < -0.39 is 45.8 Å². The third-order valence-electron chi connectivity index (χ3n) is 7.78. The van der Waals surface area contributed by atoms with Crippen molar-refractivity contribution < 1.29 is 45.8 Å². The minimum Gasteiger partial charge on any atom is -0.490 e. The van der Waals surface area contributed by atoms with Crippen LogP contribution < -0.4 is 15.4 Å². The number of nitrogens with zero attached hydrogens (tertiary/aromatic N) is 2. The number of carbonyl (C=O) groups is 2. The molecule has 4 atom stereocenters. The van der Waals surface area contributed by atoms with E-state index in [1.165, 1.54) is 22.3 Å². The predicted octanol–water partition coefficient (Wildman–Crippen LogP) is 5.04. The number of urea groups is 1. The van der Waals surface area contributed by atoms with Crippen LogP contribution >= 0.6 is 0 Å². The number of anilines is 2. The van der Waals surface area contributed by atoms with Crippen molar-refractivity contribution in [2.75, 3.05) is 50.2 Å². The number of aliphatic hydroxyl groups is 1. The summed E-state index contributed by atoms with van der Waals surface area (Å²) < 4.78 is 76.5. The third kappa shape index (κ3) is 10.6. The molecule has 0 bridgehead atoms. The Labute approximate surface area is 268 Å². The van der Waals surface area contributed by atoms with Gasteiger partial charge >= 0.3 is 12.2 Å². The number of carbonyl (C=O) groups excluding carboxylic acids is 2. The van der Waals surface area contributed by atoms with Crippen molar-refractivity contribution in [3.8, 4) is 5.75 Å². The van der Waals surface area contributed by atoms with Gasteiger partial charge in [-0.1, -0.05) is 6.92 Å². The Morgan fingerprint density at radius 2 is 1.74 bits per heavy atom. The number of hydrogen-bond donors (Lipinski definition) is 3. The summed E-state index contributed by atoms with van der Waals surface area (Å²) in [4.78, 5) is 28.4. The second-order valence-electron chi connectivity index (χ2n) is 11.7. The standard InChI is InChI=1S/C31H43F3N4O7S/c1-20-17-38(21(2)19-39)29(40)26-16-25(36-30(41)35-24-11-9-23(10-12-24)31(32,33)34)13-14-27(26)45-22(3)8-6-7-15-44-28(20)18-37(4)46(5,42)43/h9-14,16,20-22,28,39H,6-8,15,17-19H2,1-5H3,(H2,35,36,41)/t20-,21+,22-,28-/m1/s1. The molecule has 1 heterocycles. The minimum atomic E-state index is -4.51. The van der Waals surface area contributed by atoms with Gasteiger partial charge in [0.2, 0.25) is 10.0 Å². The quantitative estimate of drug-likeness (QED) is 0.375.